The summed E-state index contributed by atoms with van der Waals surface area (Å²) in [7, 11) is 0. The molecule has 1 aromatic carbocycles. The van der Waals surface area contributed by atoms with Crippen LogP contribution in [0.3, 0.4) is 0 Å². The summed E-state index contributed by atoms with van der Waals surface area (Å²) in [5, 5.41) is 17.5. The summed E-state index contributed by atoms with van der Waals surface area (Å²) in [4.78, 5) is 62.3. The molecular formula is C54H81N3O11. The number of carbonyl (C=O) groups is 4. The van der Waals surface area contributed by atoms with Crippen molar-refractivity contribution in [1.82, 2.24) is 15.7 Å². The molecule has 8 rings (SSSR count). The molecule has 2 bridgehead atoms. The van der Waals surface area contributed by atoms with Crippen molar-refractivity contribution in [2.24, 2.45) is 22.7 Å². The lowest BCUT2D eigenvalue weighted by Gasteiger charge is -2.53. The van der Waals surface area contributed by atoms with E-state index in [9.17, 15) is 19.5 Å². The van der Waals surface area contributed by atoms with Crippen LogP contribution in [0, 0.1) is 22.7 Å². The normalized spacial score (nSPS) is 34.2. The molecule has 14 nitrogen and oxygen atoms in total. The molecule has 7 fully saturated rings. The first-order chi connectivity index (χ1) is 32.3. The van der Waals surface area contributed by atoms with Crippen LogP contribution in [0.1, 0.15) is 176 Å². The van der Waals surface area contributed by atoms with Gasteiger partial charge in [-0.3, -0.25) is 24.0 Å². The minimum absolute atomic E-state index is 0.0130. The Morgan fingerprint density at radius 1 is 0.956 bits per heavy atom. The van der Waals surface area contributed by atoms with E-state index >= 15 is 4.79 Å². The Morgan fingerprint density at radius 2 is 1.68 bits per heavy atom. The monoisotopic (exact) mass is 948 g/mol. The molecule has 0 spiro atoms. The minimum atomic E-state index is -1.40. The molecule has 4 aliphatic heterocycles. The van der Waals surface area contributed by atoms with E-state index in [0.717, 1.165) is 81.8 Å². The van der Waals surface area contributed by atoms with Crippen molar-refractivity contribution in [3.8, 4) is 0 Å². The molecule has 11 atom stereocenters. The maximum absolute atomic E-state index is 15.1. The number of carbonyl (C=O) groups excluding carboxylic acids is 4. The van der Waals surface area contributed by atoms with Gasteiger partial charge in [0.05, 0.1) is 30.9 Å². The number of hydrogen-bond acceptors (Lipinski definition) is 12. The third-order valence-electron chi connectivity index (χ3n) is 16.5. The fourth-order valence-corrected chi connectivity index (χ4v) is 12.7. The standard InChI is InChI=1S/C54H81N3O11/c1-9-11-15-25-53(26-16-12-10-2)66-44-40-31-54(49(62)55-28-24-42(59)56-37(33-58)20-22-43(60)65-50(3,4)5)46(48(61)63-40)57(68-47(54)45(44)67-53)32-36-18-14-13-17-34(36)29-35-19-21-41-52(8,64-41)27-23-39-38(35)30-51(39,6)7/h13-14,17-18,29,37-41,44-47,58H,9-12,15-16,19-28,30-33H2,1-8H3,(H,55,62)(H,56,59)/t37-,38+,39+,40+,41?,44-,45-,46-,47+,52+,54-/m0/s1. The number of nitrogens with zero attached hydrogens (tertiary/aromatic N) is 1. The first kappa shape index (κ1) is 51.0. The molecule has 4 heterocycles. The summed E-state index contributed by atoms with van der Waals surface area (Å²) in [6.45, 7) is 16.6. The number of aliphatic hydroxyl groups is 1. The molecule has 0 aromatic heterocycles. The van der Waals surface area contributed by atoms with Crippen LogP contribution in [0.2, 0.25) is 0 Å². The van der Waals surface area contributed by atoms with Gasteiger partial charge in [-0.15, -0.1) is 0 Å². The van der Waals surface area contributed by atoms with Gasteiger partial charge in [0.25, 0.3) is 0 Å². The SMILES string of the molecule is CCCCCC1(CCCCC)O[C@@H]2[C@H](O1)[C@H]1ON(Cc3ccccc3C=C3CCC4O[C@]4(C)CC[C@@H]4[C@@H]3CC4(C)C)[C@H]3C(=O)O[C@@H]2C[C@@]13C(=O)NCCC(=O)N[C@H](CO)CCC(=O)OC(C)(C)C. The molecule has 3 N–H and O–H groups in total. The molecule has 1 unspecified atom stereocenters. The summed E-state index contributed by atoms with van der Waals surface area (Å²) in [5.41, 5.74) is 1.69. The number of allylic oxidation sites excluding steroid dienone is 1. The van der Waals surface area contributed by atoms with E-state index in [1.807, 2.05) is 6.07 Å². The van der Waals surface area contributed by atoms with Gasteiger partial charge in [-0.25, -0.2) is 0 Å². The highest BCUT2D eigenvalue weighted by molar-refractivity contribution is 5.94. The van der Waals surface area contributed by atoms with E-state index in [-0.39, 0.29) is 62.5 Å². The summed E-state index contributed by atoms with van der Waals surface area (Å²) in [5.74, 6) is -1.57. The zero-order valence-electron chi connectivity index (χ0n) is 42.2. The van der Waals surface area contributed by atoms with Crippen LogP contribution in [0.4, 0.5) is 0 Å². The van der Waals surface area contributed by atoms with Crippen LogP contribution in [-0.4, -0.2) is 107 Å². The van der Waals surface area contributed by atoms with Crippen LogP contribution in [0.15, 0.2) is 29.8 Å². The largest absolute Gasteiger partial charge is 0.460 e. The van der Waals surface area contributed by atoms with Gasteiger partial charge in [0, 0.05) is 38.6 Å². The zero-order valence-corrected chi connectivity index (χ0v) is 42.2. The minimum Gasteiger partial charge on any atom is -0.460 e. The van der Waals surface area contributed by atoms with E-state index in [4.69, 9.17) is 28.5 Å². The highest BCUT2D eigenvalue weighted by Crippen LogP contribution is 2.61. The van der Waals surface area contributed by atoms with Crippen LogP contribution < -0.4 is 10.6 Å². The number of hydroxylamine groups is 2. The fraction of sp³-hybridized carbons (Fsp3) is 0.778. The molecule has 68 heavy (non-hydrogen) atoms. The van der Waals surface area contributed by atoms with E-state index in [1.54, 1.807) is 25.8 Å². The summed E-state index contributed by atoms with van der Waals surface area (Å²) in [6, 6.07) is 6.53. The molecule has 3 saturated carbocycles. The van der Waals surface area contributed by atoms with Crippen molar-refractivity contribution in [2.75, 3.05) is 13.2 Å². The van der Waals surface area contributed by atoms with E-state index in [1.165, 1.54) is 5.57 Å². The highest BCUT2D eigenvalue weighted by Gasteiger charge is 2.76. The molecule has 4 saturated heterocycles. The first-order valence-corrected chi connectivity index (χ1v) is 26.2. The van der Waals surface area contributed by atoms with Crippen LogP contribution in [-0.2, 0) is 54.2 Å². The third kappa shape index (κ3) is 10.6. The summed E-state index contributed by atoms with van der Waals surface area (Å²) in [6.07, 6.45) is 12.8. The number of rotatable bonds is 20. The van der Waals surface area contributed by atoms with E-state index < -0.39 is 77.1 Å². The smallest absolute Gasteiger partial charge is 0.327 e. The average molecular weight is 948 g/mol. The number of fused-ring (bicyclic) bond motifs is 6. The number of esters is 2. The van der Waals surface area contributed by atoms with Gasteiger partial charge in [0.15, 0.2) is 11.8 Å². The Hall–Kier alpha value is -3.40. The van der Waals surface area contributed by atoms with Crippen LogP contribution >= 0.6 is 0 Å². The van der Waals surface area contributed by atoms with Crippen molar-refractivity contribution in [3.63, 3.8) is 0 Å². The van der Waals surface area contributed by atoms with Crippen LogP contribution in [0.5, 0.6) is 0 Å². The number of aliphatic hydroxyl groups excluding tert-OH is 1. The van der Waals surface area contributed by atoms with Gasteiger partial charge in [0.1, 0.15) is 35.4 Å². The van der Waals surface area contributed by atoms with Gasteiger partial charge in [-0.05, 0) is 107 Å². The van der Waals surface area contributed by atoms with E-state index in [2.05, 4.69) is 69.5 Å². The second-order valence-electron chi connectivity index (χ2n) is 23.1. The maximum atomic E-state index is 15.1. The Bertz CT molecular complexity index is 2020. The Morgan fingerprint density at radius 3 is 2.37 bits per heavy atom. The number of amides is 2. The van der Waals surface area contributed by atoms with Gasteiger partial charge in [-0.2, -0.15) is 5.06 Å². The summed E-state index contributed by atoms with van der Waals surface area (Å²) < 4.78 is 32.1. The van der Waals surface area contributed by atoms with Crippen LogP contribution in [0.25, 0.3) is 6.08 Å². The Kier molecular flexibility index (Phi) is 15.3. The maximum Gasteiger partial charge on any atom is 0.327 e. The lowest BCUT2D eigenvalue weighted by molar-refractivity contribution is -0.224. The third-order valence-corrected chi connectivity index (χ3v) is 16.5. The molecular weight excluding hydrogens is 867 g/mol. The quantitative estimate of drug-likeness (QED) is 0.0654. The predicted octanol–water partition coefficient (Wildman–Crippen LogP) is 8.01. The number of hydrogen-bond donors (Lipinski definition) is 3. The molecule has 7 aliphatic rings. The topological polar surface area (TPSA) is 174 Å². The van der Waals surface area contributed by atoms with Gasteiger partial charge in [0.2, 0.25) is 11.8 Å². The van der Waals surface area contributed by atoms with Crippen molar-refractivity contribution >= 4 is 29.8 Å². The molecule has 14 heteroatoms. The predicted molar refractivity (Wildman–Crippen MR) is 255 cm³/mol. The fourth-order valence-electron chi connectivity index (χ4n) is 12.7. The average Bonchev–Trinajstić information content (AvgIpc) is 3.55. The number of benzene rings is 1. The van der Waals surface area contributed by atoms with Crippen molar-refractivity contribution in [1.29, 1.82) is 0 Å². The zero-order chi connectivity index (χ0) is 48.6. The lowest BCUT2D eigenvalue weighted by atomic mass is 9.52. The second-order valence-corrected chi connectivity index (χ2v) is 23.1. The van der Waals surface area contributed by atoms with Gasteiger partial charge < -0.3 is 39.4 Å². The molecule has 2 amide bonds. The first-order valence-electron chi connectivity index (χ1n) is 26.2. The second kappa shape index (κ2) is 20.4. The Labute approximate surface area is 404 Å². The van der Waals surface area contributed by atoms with Gasteiger partial charge in [-0.1, -0.05) is 89.3 Å². The number of nitrogens with one attached hydrogen (secondary N) is 2. The van der Waals surface area contributed by atoms with Crippen molar-refractivity contribution < 1.29 is 52.8 Å². The lowest BCUT2D eigenvalue weighted by Crippen LogP contribution is -2.69. The molecule has 378 valence electrons. The number of unbranched alkanes of at least 4 members (excludes halogenated alkanes) is 4. The molecule has 1 aromatic rings. The summed E-state index contributed by atoms with van der Waals surface area (Å²) >= 11 is 0. The highest BCUT2D eigenvalue weighted by atomic mass is 16.8. The van der Waals surface area contributed by atoms with Crippen molar-refractivity contribution in [2.45, 2.75) is 231 Å². The number of epoxide rings is 1. The molecule has 3 aliphatic carbocycles. The molecule has 0 radical (unpaired) electrons. The van der Waals surface area contributed by atoms with Gasteiger partial charge >= 0.3 is 11.9 Å². The Balaban J connectivity index is 1.05. The van der Waals surface area contributed by atoms with Crippen molar-refractivity contribution in [3.05, 3.63) is 41.0 Å². The number of ether oxygens (including phenoxy) is 5. The van der Waals surface area contributed by atoms with E-state index in [0.29, 0.717) is 24.7 Å².